The molecule has 0 fully saturated rings. The second kappa shape index (κ2) is 8.33. The van der Waals surface area contributed by atoms with Gasteiger partial charge in [0.1, 0.15) is 18.2 Å². The Morgan fingerprint density at radius 2 is 1.63 bits per heavy atom. The Morgan fingerprint density at radius 3 is 2.33 bits per heavy atom. The number of ether oxygens (including phenoxy) is 1. The standard InChI is InChI=1S/C25H23ClN2O2/c1-16-14-17(2)23(18(3)15-16)30-13-12-28-24(19-8-10-20(26)11-9-19)27-22-7-5-4-6-21(22)25(28)29/h4-11,14-15H,12-13H2,1-3H3. The molecule has 0 atom stereocenters. The Balaban J connectivity index is 1.72. The summed E-state index contributed by atoms with van der Waals surface area (Å²) in [6.45, 7) is 6.91. The van der Waals surface area contributed by atoms with E-state index in [0.29, 0.717) is 34.9 Å². The average molecular weight is 419 g/mol. The SMILES string of the molecule is Cc1cc(C)c(OCCn2c(-c3ccc(Cl)cc3)nc3ccccc3c2=O)c(C)c1. The summed E-state index contributed by atoms with van der Waals surface area (Å²) in [5, 5.41) is 1.24. The minimum Gasteiger partial charge on any atom is -0.491 e. The van der Waals surface area contributed by atoms with Crippen LogP contribution in [0.15, 0.2) is 65.5 Å². The fourth-order valence-electron chi connectivity index (χ4n) is 3.83. The van der Waals surface area contributed by atoms with Gasteiger partial charge < -0.3 is 4.74 Å². The second-order valence-electron chi connectivity index (χ2n) is 7.49. The predicted molar refractivity (Wildman–Crippen MR) is 123 cm³/mol. The maximum absolute atomic E-state index is 13.3. The molecule has 0 bridgehead atoms. The molecule has 1 aromatic heterocycles. The molecule has 0 aliphatic carbocycles. The van der Waals surface area contributed by atoms with Gasteiger partial charge in [-0.1, -0.05) is 41.4 Å². The van der Waals surface area contributed by atoms with E-state index in [1.165, 1.54) is 5.56 Å². The van der Waals surface area contributed by atoms with E-state index in [-0.39, 0.29) is 5.56 Å². The van der Waals surface area contributed by atoms with Crippen LogP contribution in [0.25, 0.3) is 22.3 Å². The van der Waals surface area contributed by atoms with Crippen LogP contribution in [0.1, 0.15) is 16.7 Å². The van der Waals surface area contributed by atoms with Gasteiger partial charge in [0.05, 0.1) is 17.4 Å². The van der Waals surface area contributed by atoms with Gasteiger partial charge in [0.2, 0.25) is 0 Å². The van der Waals surface area contributed by atoms with Crippen LogP contribution < -0.4 is 10.3 Å². The number of halogens is 1. The van der Waals surface area contributed by atoms with E-state index in [4.69, 9.17) is 21.3 Å². The van der Waals surface area contributed by atoms with Crippen LogP contribution in [0.2, 0.25) is 5.02 Å². The number of aromatic nitrogens is 2. The van der Waals surface area contributed by atoms with E-state index in [0.717, 1.165) is 22.4 Å². The summed E-state index contributed by atoms with van der Waals surface area (Å²) >= 11 is 6.05. The highest BCUT2D eigenvalue weighted by molar-refractivity contribution is 6.30. The molecule has 0 N–H and O–H groups in total. The third-order valence-corrected chi connectivity index (χ3v) is 5.38. The molecule has 0 aliphatic heterocycles. The molecule has 0 amide bonds. The van der Waals surface area contributed by atoms with Gasteiger partial charge in [-0.25, -0.2) is 4.98 Å². The van der Waals surface area contributed by atoms with Gasteiger partial charge >= 0.3 is 0 Å². The van der Waals surface area contributed by atoms with Crippen molar-refractivity contribution in [3.63, 3.8) is 0 Å². The summed E-state index contributed by atoms with van der Waals surface area (Å²) < 4.78 is 7.78. The number of aryl methyl sites for hydroxylation is 3. The van der Waals surface area contributed by atoms with Crippen LogP contribution in [-0.4, -0.2) is 16.2 Å². The maximum atomic E-state index is 13.3. The molecule has 1 heterocycles. The van der Waals surface area contributed by atoms with Gasteiger partial charge in [0.25, 0.3) is 5.56 Å². The number of para-hydroxylation sites is 1. The topological polar surface area (TPSA) is 44.1 Å². The molecule has 0 saturated heterocycles. The summed E-state index contributed by atoms with van der Waals surface area (Å²) in [5.74, 6) is 1.48. The number of fused-ring (bicyclic) bond motifs is 1. The number of hydrogen-bond donors (Lipinski definition) is 0. The Bertz CT molecular complexity index is 1250. The third-order valence-electron chi connectivity index (χ3n) is 5.13. The van der Waals surface area contributed by atoms with E-state index < -0.39 is 0 Å². The third kappa shape index (κ3) is 3.96. The van der Waals surface area contributed by atoms with Crippen molar-refractivity contribution in [3.8, 4) is 17.1 Å². The molecule has 5 heteroatoms. The molecule has 0 unspecified atom stereocenters. The molecule has 0 radical (unpaired) electrons. The first kappa shape index (κ1) is 20.2. The molecule has 4 rings (SSSR count). The lowest BCUT2D eigenvalue weighted by Crippen LogP contribution is -2.26. The van der Waals surface area contributed by atoms with E-state index in [2.05, 4.69) is 19.1 Å². The summed E-state index contributed by atoms with van der Waals surface area (Å²) in [7, 11) is 0. The lowest BCUT2D eigenvalue weighted by molar-refractivity contribution is 0.293. The lowest BCUT2D eigenvalue weighted by atomic mass is 10.1. The zero-order chi connectivity index (χ0) is 21.3. The minimum absolute atomic E-state index is 0.0773. The van der Waals surface area contributed by atoms with Gasteiger partial charge in [-0.3, -0.25) is 9.36 Å². The van der Waals surface area contributed by atoms with Crippen LogP contribution >= 0.6 is 11.6 Å². The lowest BCUT2D eigenvalue weighted by Gasteiger charge is -2.16. The van der Waals surface area contributed by atoms with Crippen molar-refractivity contribution in [1.29, 1.82) is 0 Å². The van der Waals surface area contributed by atoms with Crippen molar-refractivity contribution in [2.75, 3.05) is 6.61 Å². The number of nitrogens with zero attached hydrogens (tertiary/aromatic N) is 2. The van der Waals surface area contributed by atoms with Crippen LogP contribution in [0.3, 0.4) is 0 Å². The van der Waals surface area contributed by atoms with Gasteiger partial charge in [0, 0.05) is 10.6 Å². The van der Waals surface area contributed by atoms with E-state index in [9.17, 15) is 4.79 Å². The summed E-state index contributed by atoms with van der Waals surface area (Å²) in [4.78, 5) is 18.0. The smallest absolute Gasteiger partial charge is 0.261 e. The van der Waals surface area contributed by atoms with Crippen molar-refractivity contribution in [3.05, 3.63) is 92.7 Å². The second-order valence-corrected chi connectivity index (χ2v) is 7.93. The number of rotatable bonds is 5. The zero-order valence-electron chi connectivity index (χ0n) is 17.3. The monoisotopic (exact) mass is 418 g/mol. The molecule has 152 valence electrons. The van der Waals surface area contributed by atoms with Crippen LogP contribution in [0.4, 0.5) is 0 Å². The normalized spacial score (nSPS) is 11.1. The first-order valence-corrected chi connectivity index (χ1v) is 10.3. The highest BCUT2D eigenvalue weighted by Gasteiger charge is 2.13. The Kier molecular flexibility index (Phi) is 5.60. The zero-order valence-corrected chi connectivity index (χ0v) is 18.0. The molecular weight excluding hydrogens is 396 g/mol. The summed E-state index contributed by atoms with van der Waals surface area (Å²) in [6.07, 6.45) is 0. The number of hydrogen-bond acceptors (Lipinski definition) is 3. The Hall–Kier alpha value is -3.11. The molecule has 0 saturated carbocycles. The molecular formula is C25H23ClN2O2. The fraction of sp³-hybridized carbons (Fsp3) is 0.200. The van der Waals surface area contributed by atoms with Gasteiger partial charge in [-0.15, -0.1) is 0 Å². The molecule has 3 aromatic carbocycles. The van der Waals surface area contributed by atoms with Crippen LogP contribution in [-0.2, 0) is 6.54 Å². The van der Waals surface area contributed by atoms with Gasteiger partial charge in [-0.2, -0.15) is 0 Å². The van der Waals surface area contributed by atoms with E-state index >= 15 is 0 Å². The molecule has 30 heavy (non-hydrogen) atoms. The van der Waals surface area contributed by atoms with Gasteiger partial charge in [0.15, 0.2) is 0 Å². The first-order valence-electron chi connectivity index (χ1n) is 9.90. The minimum atomic E-state index is -0.0773. The van der Waals surface area contributed by atoms with Crippen molar-refractivity contribution in [1.82, 2.24) is 9.55 Å². The molecule has 0 aliphatic rings. The largest absolute Gasteiger partial charge is 0.491 e. The van der Waals surface area contributed by atoms with E-state index in [1.54, 1.807) is 16.7 Å². The Morgan fingerprint density at radius 1 is 0.967 bits per heavy atom. The molecule has 4 nitrogen and oxygen atoms in total. The Labute approximate surface area is 180 Å². The first-order chi connectivity index (χ1) is 14.4. The molecule has 4 aromatic rings. The van der Waals surface area contributed by atoms with Crippen LogP contribution in [0.5, 0.6) is 5.75 Å². The molecule has 0 spiro atoms. The van der Waals surface area contributed by atoms with Crippen molar-refractivity contribution >= 4 is 22.5 Å². The predicted octanol–water partition coefficient (Wildman–Crippen LogP) is 5.72. The average Bonchev–Trinajstić information content (AvgIpc) is 2.72. The maximum Gasteiger partial charge on any atom is 0.261 e. The van der Waals surface area contributed by atoms with E-state index in [1.807, 2.05) is 50.2 Å². The quantitative estimate of drug-likeness (QED) is 0.416. The van der Waals surface area contributed by atoms with Crippen molar-refractivity contribution in [2.24, 2.45) is 0 Å². The van der Waals surface area contributed by atoms with Gasteiger partial charge in [-0.05, 0) is 68.3 Å². The van der Waals surface area contributed by atoms with Crippen molar-refractivity contribution in [2.45, 2.75) is 27.3 Å². The van der Waals surface area contributed by atoms with Crippen molar-refractivity contribution < 1.29 is 4.74 Å². The fourth-order valence-corrected chi connectivity index (χ4v) is 3.95. The summed E-state index contributed by atoms with van der Waals surface area (Å²) in [6, 6.07) is 19.0. The highest BCUT2D eigenvalue weighted by atomic mass is 35.5. The number of benzene rings is 3. The highest BCUT2D eigenvalue weighted by Crippen LogP contribution is 2.25. The van der Waals surface area contributed by atoms with Crippen LogP contribution in [0, 0.1) is 20.8 Å². The summed E-state index contributed by atoms with van der Waals surface area (Å²) in [5.41, 5.74) is 4.83.